The molecule has 1 aliphatic rings. The maximum Gasteiger partial charge on any atom is 0.180 e. The van der Waals surface area contributed by atoms with Crippen molar-refractivity contribution >= 4 is 6.08 Å². The molecule has 2 aromatic rings. The second-order valence-electron chi connectivity index (χ2n) is 4.87. The minimum absolute atomic E-state index is 0.0760. The number of phenolic OH excluding ortho intramolecular Hbond substituents is 3. The Kier molecular flexibility index (Phi) is 3.21. The molecule has 3 rings (SSSR count). The first-order chi connectivity index (χ1) is 10.5. The summed E-state index contributed by atoms with van der Waals surface area (Å²) in [5.41, 5.74) is 0.801. The van der Waals surface area contributed by atoms with Gasteiger partial charge in [0.2, 0.25) is 0 Å². The molecular weight excluding hydrogens is 288 g/mol. The van der Waals surface area contributed by atoms with Gasteiger partial charge in [-0.3, -0.25) is 0 Å². The smallest absolute Gasteiger partial charge is 0.180 e. The molecule has 22 heavy (non-hydrogen) atoms. The minimum Gasteiger partial charge on any atom is -0.508 e. The first kappa shape index (κ1) is 13.9. The van der Waals surface area contributed by atoms with E-state index in [1.807, 2.05) is 0 Å². The van der Waals surface area contributed by atoms with Crippen molar-refractivity contribution in [1.29, 1.82) is 0 Å². The highest BCUT2D eigenvalue weighted by Crippen LogP contribution is 2.43. The Balaban J connectivity index is 2.05. The summed E-state index contributed by atoms with van der Waals surface area (Å²) in [4.78, 5) is 0. The number of aliphatic hydroxyl groups excluding tert-OH is 1. The number of methoxy groups -OCH3 is 1. The maximum absolute atomic E-state index is 10.1. The van der Waals surface area contributed by atoms with Gasteiger partial charge in [0.15, 0.2) is 17.6 Å². The van der Waals surface area contributed by atoms with E-state index in [1.165, 1.54) is 37.5 Å². The molecule has 0 bridgehead atoms. The number of rotatable bonds is 2. The van der Waals surface area contributed by atoms with Crippen molar-refractivity contribution in [3.63, 3.8) is 0 Å². The molecule has 0 saturated heterocycles. The van der Waals surface area contributed by atoms with Crippen molar-refractivity contribution in [3.05, 3.63) is 47.2 Å². The summed E-state index contributed by atoms with van der Waals surface area (Å²) in [5.74, 6) is -0.0209. The molecule has 1 unspecified atom stereocenters. The lowest BCUT2D eigenvalue weighted by atomic mass is 10.0. The van der Waals surface area contributed by atoms with Crippen LogP contribution in [0.5, 0.6) is 28.7 Å². The highest BCUT2D eigenvalue weighted by molar-refractivity contribution is 5.69. The van der Waals surface area contributed by atoms with Crippen LogP contribution in [-0.2, 0) is 0 Å². The van der Waals surface area contributed by atoms with Gasteiger partial charge >= 0.3 is 0 Å². The third kappa shape index (κ3) is 2.24. The summed E-state index contributed by atoms with van der Waals surface area (Å²) in [6, 6.07) is 7.13. The largest absolute Gasteiger partial charge is 0.508 e. The van der Waals surface area contributed by atoms with Gasteiger partial charge in [0.05, 0.1) is 12.7 Å². The molecule has 0 radical (unpaired) electrons. The first-order valence-electron chi connectivity index (χ1n) is 6.49. The average Bonchev–Trinajstić information content (AvgIpc) is 2.50. The van der Waals surface area contributed by atoms with Gasteiger partial charge in [-0.25, -0.2) is 0 Å². The van der Waals surface area contributed by atoms with E-state index in [1.54, 1.807) is 6.07 Å². The predicted octanol–water partition coefficient (Wildman–Crippen LogP) is 2.84. The Bertz CT molecular complexity index is 765. The van der Waals surface area contributed by atoms with Crippen LogP contribution in [0.3, 0.4) is 0 Å². The summed E-state index contributed by atoms with van der Waals surface area (Å²) in [7, 11) is 1.47. The van der Waals surface area contributed by atoms with Gasteiger partial charge in [-0.1, -0.05) is 6.07 Å². The van der Waals surface area contributed by atoms with Crippen LogP contribution in [0, 0.1) is 0 Å². The summed E-state index contributed by atoms with van der Waals surface area (Å²) < 4.78 is 10.8. The monoisotopic (exact) mass is 302 g/mol. The molecule has 0 aliphatic carbocycles. The maximum atomic E-state index is 10.1. The zero-order valence-electron chi connectivity index (χ0n) is 11.6. The molecule has 0 amide bonds. The number of aliphatic hydroxyl groups is 1. The van der Waals surface area contributed by atoms with Gasteiger partial charge in [0.25, 0.3) is 0 Å². The molecule has 6 nitrogen and oxygen atoms in total. The Hall–Kier alpha value is -3.02. The molecule has 1 aliphatic heterocycles. The van der Waals surface area contributed by atoms with E-state index in [-0.39, 0.29) is 23.0 Å². The van der Waals surface area contributed by atoms with Gasteiger partial charge in [-0.15, -0.1) is 0 Å². The van der Waals surface area contributed by atoms with E-state index < -0.39 is 6.10 Å². The minimum atomic E-state index is -0.856. The van der Waals surface area contributed by atoms with Crippen LogP contribution in [-0.4, -0.2) is 27.5 Å². The predicted molar refractivity (Wildman–Crippen MR) is 78.4 cm³/mol. The number of phenols is 3. The second kappa shape index (κ2) is 5.07. The molecule has 1 atom stereocenters. The molecule has 6 heteroatoms. The van der Waals surface area contributed by atoms with Crippen molar-refractivity contribution in [2.75, 3.05) is 7.11 Å². The van der Waals surface area contributed by atoms with Crippen molar-refractivity contribution in [2.45, 2.75) is 6.10 Å². The van der Waals surface area contributed by atoms with Crippen LogP contribution in [0.2, 0.25) is 0 Å². The molecule has 0 fully saturated rings. The van der Waals surface area contributed by atoms with Crippen molar-refractivity contribution in [1.82, 2.24) is 0 Å². The number of fused-ring (bicyclic) bond motifs is 1. The van der Waals surface area contributed by atoms with E-state index in [2.05, 4.69) is 0 Å². The van der Waals surface area contributed by atoms with Crippen molar-refractivity contribution in [2.24, 2.45) is 0 Å². The number of hydrogen-bond acceptors (Lipinski definition) is 6. The Morgan fingerprint density at radius 2 is 1.73 bits per heavy atom. The Morgan fingerprint density at radius 1 is 0.955 bits per heavy atom. The van der Waals surface area contributed by atoms with Gasteiger partial charge in [0, 0.05) is 17.7 Å². The zero-order valence-corrected chi connectivity index (χ0v) is 11.6. The van der Waals surface area contributed by atoms with Crippen LogP contribution in [0.4, 0.5) is 0 Å². The van der Waals surface area contributed by atoms with Gasteiger partial charge in [0.1, 0.15) is 23.0 Å². The SMILES string of the molecule is COc1cc(O)c2c(c1)OC(c1ccc(O)c(O)c1)C(O)=C2. The summed E-state index contributed by atoms with van der Waals surface area (Å²) in [6.45, 7) is 0. The number of ether oxygens (including phenoxy) is 2. The van der Waals surface area contributed by atoms with Crippen molar-refractivity contribution in [3.8, 4) is 28.7 Å². The molecule has 0 aromatic heterocycles. The fourth-order valence-corrected chi connectivity index (χ4v) is 2.30. The van der Waals surface area contributed by atoms with E-state index in [9.17, 15) is 20.4 Å². The quantitative estimate of drug-likeness (QED) is 0.637. The summed E-state index contributed by atoms with van der Waals surface area (Å²) in [6.07, 6.45) is 0.535. The second-order valence-corrected chi connectivity index (χ2v) is 4.87. The fraction of sp³-hybridized carbons (Fsp3) is 0.125. The fourth-order valence-electron chi connectivity index (χ4n) is 2.30. The van der Waals surface area contributed by atoms with E-state index in [0.717, 1.165) is 0 Å². The Morgan fingerprint density at radius 3 is 2.41 bits per heavy atom. The lowest BCUT2D eigenvalue weighted by Crippen LogP contribution is -2.14. The van der Waals surface area contributed by atoms with Crippen molar-refractivity contribution < 1.29 is 29.9 Å². The van der Waals surface area contributed by atoms with Crippen LogP contribution in [0.1, 0.15) is 17.2 Å². The van der Waals surface area contributed by atoms with Gasteiger partial charge in [-0.05, 0) is 18.2 Å². The summed E-state index contributed by atoms with van der Waals surface area (Å²) in [5, 5.41) is 39.0. The molecule has 1 heterocycles. The Labute approximate surface area is 126 Å². The number of benzene rings is 2. The van der Waals surface area contributed by atoms with Crippen LogP contribution >= 0.6 is 0 Å². The van der Waals surface area contributed by atoms with Gasteiger partial charge < -0.3 is 29.9 Å². The first-order valence-corrected chi connectivity index (χ1v) is 6.49. The van der Waals surface area contributed by atoms with Crippen LogP contribution in [0.25, 0.3) is 6.08 Å². The van der Waals surface area contributed by atoms with Crippen LogP contribution in [0.15, 0.2) is 36.1 Å². The average molecular weight is 302 g/mol. The molecule has 2 aromatic carbocycles. The molecule has 0 saturated carbocycles. The van der Waals surface area contributed by atoms with Gasteiger partial charge in [-0.2, -0.15) is 0 Å². The molecule has 4 N–H and O–H groups in total. The standard InChI is InChI=1S/C16H14O6/c1-21-9-5-12(18)10-7-14(20)16(22-15(10)6-9)8-2-3-11(17)13(19)4-8/h2-7,16-20H,1H3. The number of hydrogen-bond donors (Lipinski definition) is 4. The zero-order chi connectivity index (χ0) is 15.9. The molecular formula is C16H14O6. The molecule has 0 spiro atoms. The third-order valence-corrected chi connectivity index (χ3v) is 3.44. The lowest BCUT2D eigenvalue weighted by Gasteiger charge is -2.25. The molecule has 114 valence electrons. The topological polar surface area (TPSA) is 99.4 Å². The van der Waals surface area contributed by atoms with E-state index >= 15 is 0 Å². The van der Waals surface area contributed by atoms with E-state index in [0.29, 0.717) is 22.6 Å². The third-order valence-electron chi connectivity index (χ3n) is 3.44. The van der Waals surface area contributed by atoms with Crippen LogP contribution < -0.4 is 9.47 Å². The highest BCUT2D eigenvalue weighted by Gasteiger charge is 2.27. The summed E-state index contributed by atoms with van der Waals surface area (Å²) >= 11 is 0. The normalized spacial score (nSPS) is 16.4. The van der Waals surface area contributed by atoms with E-state index in [4.69, 9.17) is 9.47 Å². The highest BCUT2D eigenvalue weighted by atomic mass is 16.5. The lowest BCUT2D eigenvalue weighted by molar-refractivity contribution is 0.173. The number of aromatic hydroxyl groups is 3.